The molecule has 1 aromatic heterocycles. The minimum Gasteiger partial charge on any atom is -0.395 e. The summed E-state index contributed by atoms with van der Waals surface area (Å²) in [5.74, 6) is 0. The molecule has 0 radical (unpaired) electrons. The van der Waals surface area contributed by atoms with Gasteiger partial charge in [0.2, 0.25) is 0 Å². The highest BCUT2D eigenvalue weighted by atomic mass is 32.2. The third-order valence-corrected chi connectivity index (χ3v) is 2.56. The van der Waals surface area contributed by atoms with Crippen molar-refractivity contribution in [2.45, 2.75) is 5.03 Å². The Labute approximate surface area is 69.7 Å². The zero-order valence-electron chi connectivity index (χ0n) is 6.19. The third kappa shape index (κ3) is 2.03. The van der Waals surface area contributed by atoms with Gasteiger partial charge in [-0.25, -0.2) is 13.1 Å². The lowest BCUT2D eigenvalue weighted by molar-refractivity contribution is 0.301. The average Bonchev–Trinajstić information content (AvgIpc) is 2.53. The highest BCUT2D eigenvalue weighted by Gasteiger charge is 2.13. The molecule has 0 unspecified atom stereocenters. The predicted octanol–water partition coefficient (Wildman–Crippen LogP) is -1.32. The topological polar surface area (TPSA) is 95.1 Å². The van der Waals surface area contributed by atoms with E-state index in [4.69, 9.17) is 5.11 Å². The summed E-state index contributed by atoms with van der Waals surface area (Å²) in [6, 6.07) is 1.33. The summed E-state index contributed by atoms with van der Waals surface area (Å²) in [4.78, 5) is 0. The van der Waals surface area contributed by atoms with Crippen molar-refractivity contribution in [3.8, 4) is 0 Å². The van der Waals surface area contributed by atoms with Crippen molar-refractivity contribution in [1.29, 1.82) is 0 Å². The maximum atomic E-state index is 11.2. The van der Waals surface area contributed by atoms with Crippen molar-refractivity contribution in [3.05, 3.63) is 12.3 Å². The zero-order valence-corrected chi connectivity index (χ0v) is 7.00. The smallest absolute Gasteiger partial charge is 0.257 e. The van der Waals surface area contributed by atoms with Crippen LogP contribution in [0.3, 0.4) is 0 Å². The number of nitrogens with zero attached hydrogens (tertiary/aromatic N) is 1. The van der Waals surface area contributed by atoms with Gasteiger partial charge in [0.1, 0.15) is 0 Å². The number of aromatic amines is 1. The molecule has 0 amide bonds. The fraction of sp³-hybridized carbons (Fsp3) is 0.400. The van der Waals surface area contributed by atoms with Gasteiger partial charge in [-0.15, -0.1) is 0 Å². The monoisotopic (exact) mass is 191 g/mol. The van der Waals surface area contributed by atoms with E-state index in [1.807, 2.05) is 0 Å². The molecule has 0 fully saturated rings. The summed E-state index contributed by atoms with van der Waals surface area (Å²) in [5, 5.41) is 14.2. The summed E-state index contributed by atoms with van der Waals surface area (Å²) in [6.07, 6.45) is 1.34. The minimum atomic E-state index is -3.51. The number of aliphatic hydroxyl groups is 1. The fourth-order valence-corrected chi connectivity index (χ4v) is 1.58. The second-order valence-corrected chi connectivity index (χ2v) is 3.78. The highest BCUT2D eigenvalue weighted by Crippen LogP contribution is 2.00. The van der Waals surface area contributed by atoms with E-state index in [1.54, 1.807) is 0 Å². The Kier molecular flexibility index (Phi) is 2.79. The molecule has 0 aliphatic heterocycles. The summed E-state index contributed by atoms with van der Waals surface area (Å²) < 4.78 is 24.5. The van der Waals surface area contributed by atoms with E-state index in [0.717, 1.165) is 0 Å². The Morgan fingerprint density at radius 1 is 1.67 bits per heavy atom. The van der Waals surface area contributed by atoms with Crippen LogP contribution in [0.15, 0.2) is 17.3 Å². The molecule has 7 heteroatoms. The normalized spacial score (nSPS) is 11.8. The molecule has 1 rings (SSSR count). The summed E-state index contributed by atoms with van der Waals surface area (Å²) in [6.45, 7) is -0.227. The summed E-state index contributed by atoms with van der Waals surface area (Å²) >= 11 is 0. The molecule has 0 aromatic carbocycles. The molecule has 0 saturated heterocycles. The molecule has 68 valence electrons. The molecule has 3 N–H and O–H groups in total. The number of sulfonamides is 1. The molecule has 12 heavy (non-hydrogen) atoms. The first kappa shape index (κ1) is 9.17. The number of hydrogen-bond acceptors (Lipinski definition) is 4. The van der Waals surface area contributed by atoms with E-state index in [1.165, 1.54) is 12.3 Å². The van der Waals surface area contributed by atoms with Crippen molar-refractivity contribution < 1.29 is 13.5 Å². The number of aliphatic hydroxyl groups excluding tert-OH is 1. The first-order chi connectivity index (χ1) is 5.67. The van der Waals surface area contributed by atoms with Crippen molar-refractivity contribution in [3.63, 3.8) is 0 Å². The van der Waals surface area contributed by atoms with Gasteiger partial charge >= 0.3 is 0 Å². The van der Waals surface area contributed by atoms with Crippen molar-refractivity contribution in [2.75, 3.05) is 13.2 Å². The quantitative estimate of drug-likeness (QED) is 0.550. The standard InChI is InChI=1S/C5H9N3O3S/c9-4-3-7-12(10,11)5-1-2-6-8-5/h1-2,7,9H,3-4H2,(H,6,8). The van der Waals surface area contributed by atoms with Crippen LogP contribution in [0.4, 0.5) is 0 Å². The van der Waals surface area contributed by atoms with Gasteiger partial charge in [0, 0.05) is 6.54 Å². The number of nitrogens with one attached hydrogen (secondary N) is 2. The lowest BCUT2D eigenvalue weighted by atomic mass is 10.8. The maximum Gasteiger partial charge on any atom is 0.257 e. The van der Waals surface area contributed by atoms with E-state index in [0.29, 0.717) is 0 Å². The average molecular weight is 191 g/mol. The van der Waals surface area contributed by atoms with Crippen LogP contribution in [0.25, 0.3) is 0 Å². The van der Waals surface area contributed by atoms with Crippen molar-refractivity contribution in [2.24, 2.45) is 0 Å². The van der Waals surface area contributed by atoms with E-state index < -0.39 is 10.0 Å². The lowest BCUT2D eigenvalue weighted by Gasteiger charge is -2.00. The SMILES string of the molecule is O=S(=O)(NCCO)c1ccn[nH]1. The van der Waals surface area contributed by atoms with Crippen molar-refractivity contribution >= 4 is 10.0 Å². The molecular formula is C5H9N3O3S. The largest absolute Gasteiger partial charge is 0.395 e. The number of hydrogen-bond donors (Lipinski definition) is 3. The lowest BCUT2D eigenvalue weighted by Crippen LogP contribution is -2.26. The van der Waals surface area contributed by atoms with E-state index >= 15 is 0 Å². The molecule has 0 aliphatic rings. The molecule has 0 aliphatic carbocycles. The number of rotatable bonds is 4. The Morgan fingerprint density at radius 2 is 2.42 bits per heavy atom. The van der Waals surface area contributed by atoms with Crippen molar-refractivity contribution in [1.82, 2.24) is 14.9 Å². The van der Waals surface area contributed by atoms with Crippen LogP contribution in [0, 0.1) is 0 Å². The first-order valence-corrected chi connectivity index (χ1v) is 4.75. The van der Waals surface area contributed by atoms with Gasteiger partial charge in [0.15, 0.2) is 5.03 Å². The summed E-state index contributed by atoms with van der Waals surface area (Å²) in [5.41, 5.74) is 0. The van der Waals surface area contributed by atoms with Gasteiger partial charge in [0.05, 0.1) is 12.8 Å². The molecule has 1 aromatic rings. The first-order valence-electron chi connectivity index (χ1n) is 3.27. The van der Waals surface area contributed by atoms with Gasteiger partial charge in [-0.05, 0) is 6.07 Å². The predicted molar refractivity (Wildman–Crippen MR) is 40.9 cm³/mol. The van der Waals surface area contributed by atoms with Crippen LogP contribution >= 0.6 is 0 Å². The second kappa shape index (κ2) is 3.65. The fourth-order valence-electron chi connectivity index (χ4n) is 0.651. The third-order valence-electron chi connectivity index (χ3n) is 1.17. The molecule has 0 spiro atoms. The number of aromatic nitrogens is 2. The van der Waals surface area contributed by atoms with Crippen LogP contribution in [0.1, 0.15) is 0 Å². The molecule has 0 atom stereocenters. The minimum absolute atomic E-state index is 0.00134. The van der Waals surface area contributed by atoms with Gasteiger partial charge < -0.3 is 5.11 Å². The molecule has 1 heterocycles. The Bertz CT molecular complexity index is 318. The van der Waals surface area contributed by atoms with E-state index in [9.17, 15) is 8.42 Å². The van der Waals surface area contributed by atoms with Crippen LogP contribution in [-0.2, 0) is 10.0 Å². The number of H-pyrrole nitrogens is 1. The molecular weight excluding hydrogens is 182 g/mol. The Hall–Kier alpha value is -0.920. The maximum absolute atomic E-state index is 11.2. The summed E-state index contributed by atoms with van der Waals surface area (Å²) in [7, 11) is -3.51. The van der Waals surface area contributed by atoms with Gasteiger partial charge in [0.25, 0.3) is 10.0 Å². The second-order valence-electron chi connectivity index (χ2n) is 2.04. The van der Waals surface area contributed by atoms with Crippen LogP contribution in [0.5, 0.6) is 0 Å². The van der Waals surface area contributed by atoms with Crippen LogP contribution < -0.4 is 4.72 Å². The van der Waals surface area contributed by atoms with E-state index in [2.05, 4.69) is 14.9 Å². The van der Waals surface area contributed by atoms with Gasteiger partial charge in [-0.2, -0.15) is 5.10 Å². The Morgan fingerprint density at radius 3 is 2.92 bits per heavy atom. The van der Waals surface area contributed by atoms with Gasteiger partial charge in [-0.3, -0.25) is 5.10 Å². The molecule has 0 saturated carbocycles. The molecule has 6 nitrogen and oxygen atoms in total. The van der Waals surface area contributed by atoms with Crippen LogP contribution in [-0.4, -0.2) is 36.9 Å². The molecule has 0 bridgehead atoms. The van der Waals surface area contributed by atoms with Crippen LogP contribution in [0.2, 0.25) is 0 Å². The van der Waals surface area contributed by atoms with Gasteiger partial charge in [-0.1, -0.05) is 0 Å². The zero-order chi connectivity index (χ0) is 9.03. The Balaban J connectivity index is 2.74. The van der Waals surface area contributed by atoms with E-state index in [-0.39, 0.29) is 18.2 Å². The highest BCUT2D eigenvalue weighted by molar-refractivity contribution is 7.89.